The zero-order valence-electron chi connectivity index (χ0n) is 18.1. The predicted octanol–water partition coefficient (Wildman–Crippen LogP) is 3.63. The molecule has 32 heavy (non-hydrogen) atoms. The first-order valence-electron chi connectivity index (χ1n) is 11.1. The highest BCUT2D eigenvalue weighted by molar-refractivity contribution is 5.94. The van der Waals surface area contributed by atoms with E-state index in [-0.39, 0.29) is 17.9 Å². The van der Waals surface area contributed by atoms with E-state index >= 15 is 0 Å². The number of likely N-dealkylation sites (tertiary alicyclic amines) is 1. The molecule has 1 amide bonds. The van der Waals surface area contributed by atoms with Crippen molar-refractivity contribution in [3.05, 3.63) is 59.7 Å². The molecule has 0 spiro atoms. The molecule has 8 nitrogen and oxygen atoms in total. The van der Waals surface area contributed by atoms with E-state index in [4.69, 9.17) is 14.0 Å². The summed E-state index contributed by atoms with van der Waals surface area (Å²) in [7, 11) is 0. The highest BCUT2D eigenvalue weighted by Crippen LogP contribution is 2.33. The summed E-state index contributed by atoms with van der Waals surface area (Å²) in [4.78, 5) is 23.5. The second-order valence-electron chi connectivity index (χ2n) is 8.31. The van der Waals surface area contributed by atoms with Gasteiger partial charge in [0.2, 0.25) is 0 Å². The second-order valence-corrected chi connectivity index (χ2v) is 8.31. The van der Waals surface area contributed by atoms with Gasteiger partial charge in [0.15, 0.2) is 5.82 Å². The van der Waals surface area contributed by atoms with Crippen LogP contribution in [0.1, 0.15) is 47.1 Å². The highest BCUT2D eigenvalue weighted by atomic mass is 16.5. The number of hydrogen-bond acceptors (Lipinski definition) is 7. The first-order valence-corrected chi connectivity index (χ1v) is 11.1. The summed E-state index contributed by atoms with van der Waals surface area (Å²) in [6.07, 6.45) is 4.10. The Morgan fingerprint density at radius 1 is 1.12 bits per heavy atom. The molecule has 8 heteroatoms. The van der Waals surface area contributed by atoms with Crippen molar-refractivity contribution in [3.63, 3.8) is 0 Å². The third-order valence-corrected chi connectivity index (χ3v) is 6.03. The Hall–Kier alpha value is -3.26. The summed E-state index contributed by atoms with van der Waals surface area (Å²) in [6, 6.07) is 11.3. The van der Waals surface area contributed by atoms with Crippen LogP contribution in [-0.2, 0) is 4.74 Å². The molecule has 1 atom stereocenters. The third kappa shape index (κ3) is 4.36. The molecular formula is C24H26N4O4. The maximum Gasteiger partial charge on any atom is 0.261 e. The number of aryl methyl sites for hydroxylation is 1. The summed E-state index contributed by atoms with van der Waals surface area (Å²) < 4.78 is 17.3. The molecule has 2 aliphatic heterocycles. The monoisotopic (exact) mass is 434 g/mol. The van der Waals surface area contributed by atoms with Crippen LogP contribution in [0, 0.1) is 6.92 Å². The first-order chi connectivity index (χ1) is 15.7. The average Bonchev–Trinajstić information content (AvgIpc) is 3.50. The molecule has 0 saturated carbocycles. The maximum absolute atomic E-state index is 12.8. The summed E-state index contributed by atoms with van der Waals surface area (Å²) in [6.45, 7) is 4.53. The van der Waals surface area contributed by atoms with E-state index in [9.17, 15) is 4.79 Å². The van der Waals surface area contributed by atoms with Crippen LogP contribution >= 0.6 is 0 Å². The number of pyridine rings is 1. The number of para-hydroxylation sites is 1. The number of amides is 1. The number of carbonyl (C=O) groups is 1. The number of ether oxygens (including phenoxy) is 2. The van der Waals surface area contributed by atoms with Crippen LogP contribution in [0.15, 0.2) is 47.1 Å². The van der Waals surface area contributed by atoms with E-state index in [1.165, 1.54) is 0 Å². The molecule has 5 rings (SSSR count). The lowest BCUT2D eigenvalue weighted by Crippen LogP contribution is -2.31. The molecule has 2 fully saturated rings. The van der Waals surface area contributed by atoms with Gasteiger partial charge in [0, 0.05) is 44.0 Å². The maximum atomic E-state index is 12.8. The topological polar surface area (TPSA) is 90.6 Å². The SMILES string of the molecule is Cc1ccc(C(=O)N2CCC(Oc3ccccc3-c3nc(C4CCOCC4)no3)C2)cn1. The van der Waals surface area contributed by atoms with Crippen molar-refractivity contribution < 1.29 is 18.8 Å². The average molecular weight is 434 g/mol. The van der Waals surface area contributed by atoms with E-state index < -0.39 is 0 Å². The summed E-state index contributed by atoms with van der Waals surface area (Å²) in [5, 5.41) is 4.21. The fourth-order valence-corrected chi connectivity index (χ4v) is 4.18. The lowest BCUT2D eigenvalue weighted by atomic mass is 10.00. The normalized spacial score (nSPS) is 19.3. The quantitative estimate of drug-likeness (QED) is 0.606. The van der Waals surface area contributed by atoms with Gasteiger partial charge in [-0.1, -0.05) is 17.3 Å². The van der Waals surface area contributed by atoms with Crippen LogP contribution in [-0.4, -0.2) is 58.3 Å². The summed E-state index contributed by atoms with van der Waals surface area (Å²) in [5.41, 5.74) is 2.26. The van der Waals surface area contributed by atoms with Gasteiger partial charge in [-0.3, -0.25) is 9.78 Å². The van der Waals surface area contributed by atoms with Crippen molar-refractivity contribution in [1.29, 1.82) is 0 Å². The molecule has 2 aliphatic rings. The van der Waals surface area contributed by atoms with E-state index in [0.29, 0.717) is 30.3 Å². The van der Waals surface area contributed by atoms with Crippen molar-refractivity contribution in [2.45, 2.75) is 38.2 Å². The Morgan fingerprint density at radius 3 is 2.78 bits per heavy atom. The number of carbonyl (C=O) groups excluding carboxylic acids is 1. The van der Waals surface area contributed by atoms with Gasteiger partial charge in [0.05, 0.1) is 17.7 Å². The lowest BCUT2D eigenvalue weighted by Gasteiger charge is -2.18. The molecule has 3 aromatic rings. The van der Waals surface area contributed by atoms with E-state index in [2.05, 4.69) is 15.1 Å². The van der Waals surface area contributed by atoms with Gasteiger partial charge in [0.1, 0.15) is 11.9 Å². The Bertz CT molecular complexity index is 1080. The van der Waals surface area contributed by atoms with Gasteiger partial charge in [-0.15, -0.1) is 0 Å². The molecule has 166 valence electrons. The number of benzene rings is 1. The van der Waals surface area contributed by atoms with Crippen molar-refractivity contribution in [3.8, 4) is 17.2 Å². The molecule has 0 bridgehead atoms. The van der Waals surface area contributed by atoms with Crippen molar-refractivity contribution >= 4 is 5.91 Å². The standard InChI is InChI=1S/C24H26N4O4/c1-16-6-7-18(14-25-16)24(29)28-11-8-19(15-28)31-21-5-3-2-4-20(21)23-26-22(27-32-23)17-9-12-30-13-10-17/h2-7,14,17,19H,8-13,15H2,1H3. The number of rotatable bonds is 5. The Balaban J connectivity index is 1.27. The van der Waals surface area contributed by atoms with Crippen LogP contribution in [0.2, 0.25) is 0 Å². The minimum atomic E-state index is -0.101. The first kappa shape index (κ1) is 20.6. The van der Waals surface area contributed by atoms with Gasteiger partial charge in [-0.2, -0.15) is 4.98 Å². The number of hydrogen-bond donors (Lipinski definition) is 0. The Morgan fingerprint density at radius 2 is 1.97 bits per heavy atom. The molecule has 1 unspecified atom stereocenters. The zero-order chi connectivity index (χ0) is 21.9. The third-order valence-electron chi connectivity index (χ3n) is 6.03. The van der Waals surface area contributed by atoms with Gasteiger partial charge in [-0.25, -0.2) is 0 Å². The molecule has 2 aromatic heterocycles. The van der Waals surface area contributed by atoms with Gasteiger partial charge in [0.25, 0.3) is 11.8 Å². The van der Waals surface area contributed by atoms with Crippen molar-refractivity contribution in [2.24, 2.45) is 0 Å². The fraction of sp³-hybridized carbons (Fsp3) is 0.417. The molecule has 1 aromatic carbocycles. The van der Waals surface area contributed by atoms with Crippen LogP contribution in [0.5, 0.6) is 5.75 Å². The molecule has 0 radical (unpaired) electrons. The lowest BCUT2D eigenvalue weighted by molar-refractivity contribution is 0.0772. The van der Waals surface area contributed by atoms with Gasteiger partial charge < -0.3 is 18.9 Å². The number of nitrogens with zero attached hydrogens (tertiary/aromatic N) is 4. The van der Waals surface area contributed by atoms with Crippen molar-refractivity contribution in [2.75, 3.05) is 26.3 Å². The smallest absolute Gasteiger partial charge is 0.261 e. The second kappa shape index (κ2) is 9.08. The minimum absolute atomic E-state index is 0.0186. The predicted molar refractivity (Wildman–Crippen MR) is 116 cm³/mol. The van der Waals surface area contributed by atoms with Crippen molar-refractivity contribution in [1.82, 2.24) is 20.0 Å². The minimum Gasteiger partial charge on any atom is -0.488 e. The summed E-state index contributed by atoms with van der Waals surface area (Å²) in [5.74, 6) is 2.11. The highest BCUT2D eigenvalue weighted by Gasteiger charge is 2.30. The van der Waals surface area contributed by atoms with Crippen LogP contribution in [0.3, 0.4) is 0 Å². The molecule has 0 aliphatic carbocycles. The molecule has 0 N–H and O–H groups in total. The molecule has 2 saturated heterocycles. The van der Waals surface area contributed by atoms with E-state index in [1.807, 2.05) is 48.2 Å². The Labute approximate surface area is 186 Å². The van der Waals surface area contributed by atoms with Crippen LogP contribution < -0.4 is 4.74 Å². The van der Waals surface area contributed by atoms with Crippen LogP contribution in [0.4, 0.5) is 0 Å². The van der Waals surface area contributed by atoms with Gasteiger partial charge >= 0.3 is 0 Å². The van der Waals surface area contributed by atoms with Crippen LogP contribution in [0.25, 0.3) is 11.5 Å². The summed E-state index contributed by atoms with van der Waals surface area (Å²) >= 11 is 0. The van der Waals surface area contributed by atoms with E-state index in [1.54, 1.807) is 6.20 Å². The largest absolute Gasteiger partial charge is 0.488 e. The fourth-order valence-electron chi connectivity index (χ4n) is 4.18. The zero-order valence-corrected chi connectivity index (χ0v) is 18.1. The number of aromatic nitrogens is 3. The van der Waals surface area contributed by atoms with E-state index in [0.717, 1.165) is 49.6 Å². The van der Waals surface area contributed by atoms with Gasteiger partial charge in [-0.05, 0) is 44.0 Å². The molecule has 4 heterocycles. The molecular weight excluding hydrogens is 408 g/mol. The Kier molecular flexibility index (Phi) is 5.85.